The van der Waals surface area contributed by atoms with Crippen LogP contribution in [-0.4, -0.2) is 86.9 Å². The number of hydrogen-bond donors (Lipinski definition) is 4. The molecule has 0 spiro atoms. The molecule has 1 aliphatic heterocycles. The lowest BCUT2D eigenvalue weighted by Crippen LogP contribution is -2.71. The number of hydrogen-bond acceptors (Lipinski definition) is 8. The minimum absolute atomic E-state index is 0.0137. The van der Waals surface area contributed by atoms with Crippen molar-refractivity contribution in [3.05, 3.63) is 24.3 Å². The molecule has 1 aromatic rings. The Labute approximate surface area is 288 Å². The van der Waals surface area contributed by atoms with Crippen molar-refractivity contribution in [1.82, 2.24) is 36.1 Å². The normalized spacial score (nSPS) is 23.1. The molecular formula is C36H53N7O6. The highest BCUT2D eigenvalue weighted by Gasteiger charge is 2.54. The fourth-order valence-corrected chi connectivity index (χ4v) is 7.37. The van der Waals surface area contributed by atoms with Gasteiger partial charge in [-0.1, -0.05) is 72.6 Å². The predicted octanol–water partition coefficient (Wildman–Crippen LogP) is 2.45. The molecule has 5 rings (SSSR count). The summed E-state index contributed by atoms with van der Waals surface area (Å²) in [5, 5.41) is 11.4. The molecule has 13 nitrogen and oxygen atoms in total. The Hall–Kier alpha value is -3.90. The summed E-state index contributed by atoms with van der Waals surface area (Å²) in [6.07, 6.45) is 14.3. The molecule has 3 saturated carbocycles. The molecule has 0 bridgehead atoms. The molecule has 4 fully saturated rings. The maximum absolute atomic E-state index is 14.4. The minimum Gasteiger partial charge on any atom is -0.347 e. The Balaban J connectivity index is 1.33. The lowest BCUT2D eigenvalue weighted by Gasteiger charge is -2.54. The molecule has 3 aliphatic carbocycles. The average molecular weight is 680 g/mol. The van der Waals surface area contributed by atoms with Crippen molar-refractivity contribution in [2.24, 2.45) is 23.2 Å². The van der Waals surface area contributed by atoms with E-state index >= 15 is 0 Å². The van der Waals surface area contributed by atoms with Crippen LogP contribution in [0.3, 0.4) is 0 Å². The Morgan fingerprint density at radius 2 is 1.61 bits per heavy atom. The van der Waals surface area contributed by atoms with E-state index in [9.17, 15) is 28.8 Å². The third-order valence-corrected chi connectivity index (χ3v) is 10.7. The Morgan fingerprint density at radius 1 is 0.898 bits per heavy atom. The largest absolute Gasteiger partial charge is 0.347 e. The van der Waals surface area contributed by atoms with E-state index < -0.39 is 59.0 Å². The van der Waals surface area contributed by atoms with Crippen LogP contribution in [0.25, 0.3) is 0 Å². The maximum atomic E-state index is 14.4. The number of rotatable bonds is 14. The third-order valence-electron chi connectivity index (χ3n) is 10.7. The second-order valence-electron chi connectivity index (χ2n) is 15.5. The van der Waals surface area contributed by atoms with Crippen molar-refractivity contribution in [1.29, 1.82) is 0 Å². The number of nitrogens with one attached hydrogen (secondary N) is 4. The van der Waals surface area contributed by atoms with Crippen molar-refractivity contribution in [3.63, 3.8) is 0 Å². The van der Waals surface area contributed by atoms with Gasteiger partial charge in [-0.2, -0.15) is 0 Å². The van der Waals surface area contributed by atoms with Crippen LogP contribution in [0.4, 0.5) is 0 Å². The summed E-state index contributed by atoms with van der Waals surface area (Å²) in [4.78, 5) is 90.9. The quantitative estimate of drug-likeness (QED) is 0.217. The molecule has 0 unspecified atom stereocenters. The van der Waals surface area contributed by atoms with Crippen LogP contribution in [0.15, 0.2) is 18.6 Å². The molecule has 5 amide bonds. The first kappa shape index (κ1) is 36.4. The molecule has 1 aromatic heterocycles. The smallest absolute Gasteiger partial charge is 0.289 e. The highest BCUT2D eigenvalue weighted by atomic mass is 16.2. The Kier molecular flexibility index (Phi) is 11.7. The second kappa shape index (κ2) is 15.8. The van der Waals surface area contributed by atoms with Crippen LogP contribution < -0.4 is 21.3 Å². The fourth-order valence-electron chi connectivity index (χ4n) is 7.37. The summed E-state index contributed by atoms with van der Waals surface area (Å²) < 4.78 is 0. The Bertz CT molecular complexity index is 1380. The van der Waals surface area contributed by atoms with Gasteiger partial charge < -0.3 is 26.2 Å². The number of ketones is 1. The van der Waals surface area contributed by atoms with Crippen molar-refractivity contribution in [2.45, 2.75) is 135 Å². The summed E-state index contributed by atoms with van der Waals surface area (Å²) in [7, 11) is 0. The third kappa shape index (κ3) is 8.83. The van der Waals surface area contributed by atoms with Gasteiger partial charge in [0.25, 0.3) is 11.8 Å². The lowest BCUT2D eigenvalue weighted by atomic mass is 9.67. The van der Waals surface area contributed by atoms with Gasteiger partial charge in [-0.25, -0.2) is 4.98 Å². The van der Waals surface area contributed by atoms with Crippen LogP contribution in [0, 0.1) is 23.2 Å². The minimum atomic E-state index is -0.991. The van der Waals surface area contributed by atoms with Crippen LogP contribution in [0.1, 0.15) is 115 Å². The first-order valence-corrected chi connectivity index (χ1v) is 18.2. The SMILES string of the molecule is CCC[C@@H](NC(=O)[C@@H]1[C@@H](C2CCC2)CN1C(=O)[C@@H](NC(=O)[C@@H](NC(=O)c1cnccn1)C1CCCCC1)C(C)(C)C)C(=O)C(=O)NC1CC1. The summed E-state index contributed by atoms with van der Waals surface area (Å²) in [5.74, 6) is -3.06. The molecule has 0 radical (unpaired) electrons. The van der Waals surface area contributed by atoms with E-state index in [-0.39, 0.29) is 35.4 Å². The van der Waals surface area contributed by atoms with E-state index in [4.69, 9.17) is 0 Å². The number of likely N-dealkylation sites (tertiary alicyclic amines) is 1. The van der Waals surface area contributed by atoms with E-state index in [1.54, 1.807) is 0 Å². The molecule has 0 aromatic carbocycles. The highest BCUT2D eigenvalue weighted by Crippen LogP contribution is 2.43. The Morgan fingerprint density at radius 3 is 2.18 bits per heavy atom. The molecule has 49 heavy (non-hydrogen) atoms. The van der Waals surface area contributed by atoms with Gasteiger partial charge in [-0.05, 0) is 49.4 Å². The van der Waals surface area contributed by atoms with Gasteiger partial charge in [0.15, 0.2) is 0 Å². The molecule has 13 heteroatoms. The highest BCUT2D eigenvalue weighted by molar-refractivity contribution is 6.38. The molecular weight excluding hydrogens is 626 g/mol. The van der Waals surface area contributed by atoms with Crippen LogP contribution in [0.2, 0.25) is 0 Å². The van der Waals surface area contributed by atoms with Crippen LogP contribution in [0.5, 0.6) is 0 Å². The maximum Gasteiger partial charge on any atom is 0.289 e. The van der Waals surface area contributed by atoms with Crippen molar-refractivity contribution >= 4 is 35.3 Å². The monoisotopic (exact) mass is 679 g/mol. The van der Waals surface area contributed by atoms with Gasteiger partial charge >= 0.3 is 0 Å². The summed E-state index contributed by atoms with van der Waals surface area (Å²) in [6.45, 7) is 7.82. The van der Waals surface area contributed by atoms with E-state index in [2.05, 4.69) is 31.2 Å². The van der Waals surface area contributed by atoms with Gasteiger partial charge in [-0.3, -0.25) is 33.8 Å². The lowest BCUT2D eigenvalue weighted by molar-refractivity contribution is -0.163. The van der Waals surface area contributed by atoms with E-state index in [0.717, 1.165) is 64.2 Å². The summed E-state index contributed by atoms with van der Waals surface area (Å²) in [6, 6.07) is -3.66. The zero-order valence-electron chi connectivity index (χ0n) is 29.3. The standard InChI is InChI=1S/C36H53N7O6/c1-5-10-25(29(44)34(48)39-23-15-16-23)40-33(47)28-24(21-13-9-14-21)20-43(28)35(49)30(36(2,3)4)42-32(46)27(22-11-7-6-8-12-22)41-31(45)26-19-37-17-18-38-26/h17-19,21-25,27-28,30H,5-16,20H2,1-4H3,(H,39,48)(H,40,47)(H,41,45)(H,42,46)/t24-,25-,27+,28+,30-/m1/s1. The van der Waals surface area contributed by atoms with Gasteiger partial charge in [0, 0.05) is 30.9 Å². The zero-order valence-corrected chi connectivity index (χ0v) is 29.3. The molecule has 1 saturated heterocycles. The van der Waals surface area contributed by atoms with Crippen LogP contribution >= 0.6 is 0 Å². The number of aromatic nitrogens is 2. The molecule has 268 valence electrons. The molecule has 5 atom stereocenters. The zero-order chi connectivity index (χ0) is 35.3. The van der Waals surface area contributed by atoms with Gasteiger partial charge in [-0.15, -0.1) is 0 Å². The number of Topliss-reactive ketones (excluding diaryl/α,β-unsaturated/α-hetero) is 1. The van der Waals surface area contributed by atoms with Gasteiger partial charge in [0.2, 0.25) is 23.5 Å². The van der Waals surface area contributed by atoms with Crippen molar-refractivity contribution in [3.8, 4) is 0 Å². The number of nitrogens with zero attached hydrogens (tertiary/aromatic N) is 3. The fraction of sp³-hybridized carbons (Fsp3) is 0.722. The van der Waals surface area contributed by atoms with Crippen molar-refractivity contribution < 1.29 is 28.8 Å². The van der Waals surface area contributed by atoms with E-state index in [1.807, 2.05) is 27.7 Å². The number of carbonyl (C=O) groups is 6. The number of carbonyl (C=O) groups excluding carboxylic acids is 6. The molecule has 2 heterocycles. The van der Waals surface area contributed by atoms with E-state index in [1.165, 1.54) is 23.5 Å². The van der Waals surface area contributed by atoms with Crippen molar-refractivity contribution in [2.75, 3.05) is 6.54 Å². The van der Waals surface area contributed by atoms with Gasteiger partial charge in [0.1, 0.15) is 23.8 Å². The van der Waals surface area contributed by atoms with Gasteiger partial charge in [0.05, 0.1) is 12.2 Å². The number of amides is 5. The average Bonchev–Trinajstić information content (AvgIpc) is 3.86. The first-order chi connectivity index (χ1) is 23.4. The van der Waals surface area contributed by atoms with Crippen LogP contribution in [-0.2, 0) is 24.0 Å². The second-order valence-corrected chi connectivity index (χ2v) is 15.5. The summed E-state index contributed by atoms with van der Waals surface area (Å²) in [5.41, 5.74) is -0.635. The summed E-state index contributed by atoms with van der Waals surface area (Å²) >= 11 is 0. The predicted molar refractivity (Wildman–Crippen MR) is 181 cm³/mol. The van der Waals surface area contributed by atoms with E-state index in [0.29, 0.717) is 19.4 Å². The topological polar surface area (TPSA) is 180 Å². The first-order valence-electron chi connectivity index (χ1n) is 18.2. The molecule has 4 aliphatic rings. The molecule has 4 N–H and O–H groups in total.